The summed E-state index contributed by atoms with van der Waals surface area (Å²) < 4.78 is 7.63. The first-order chi connectivity index (χ1) is 22.4. The van der Waals surface area contributed by atoms with Crippen LogP contribution in [0, 0.1) is 13.8 Å². The second-order valence-electron chi connectivity index (χ2n) is 11.3. The number of aldehydes is 1. The first-order valence-electron chi connectivity index (χ1n) is 16.3. The minimum absolute atomic E-state index is 0.0228. The van der Waals surface area contributed by atoms with Crippen LogP contribution in [0.5, 0.6) is 5.88 Å². The van der Waals surface area contributed by atoms with Gasteiger partial charge in [-0.3, -0.25) is 9.59 Å². The normalized spacial score (nSPS) is 12.0. The molecular weight excluding hydrogens is 588 g/mol. The van der Waals surface area contributed by atoms with E-state index in [1.807, 2.05) is 105 Å². The number of aryl methyl sites for hydroxylation is 2. The van der Waals surface area contributed by atoms with Crippen LogP contribution in [0.15, 0.2) is 65.2 Å². The lowest BCUT2D eigenvalue weighted by Crippen LogP contribution is -2.20. The number of hydrogen-bond donors (Lipinski definition) is 1. The smallest absolute Gasteiger partial charge is 0.258 e. The van der Waals surface area contributed by atoms with Crippen molar-refractivity contribution < 1.29 is 9.53 Å². The Balaban J connectivity index is 0.00000185. The minimum atomic E-state index is -0.157. The van der Waals surface area contributed by atoms with Crippen LogP contribution >= 0.6 is 0 Å². The van der Waals surface area contributed by atoms with E-state index in [0.29, 0.717) is 33.9 Å². The maximum absolute atomic E-state index is 13.7. The third-order valence-electron chi connectivity index (χ3n) is 7.07. The third kappa shape index (κ3) is 9.61. The number of hydrogen-bond acceptors (Lipinski definition) is 8. The van der Waals surface area contributed by atoms with Gasteiger partial charge in [-0.25, -0.2) is 15.0 Å². The Kier molecular flexibility index (Phi) is 14.5. The highest BCUT2D eigenvalue weighted by Crippen LogP contribution is 2.33. The van der Waals surface area contributed by atoms with Gasteiger partial charge in [0, 0.05) is 56.2 Å². The number of benzene rings is 1. The molecule has 1 aromatic carbocycles. The largest absolute Gasteiger partial charge is 0.473 e. The molecule has 0 bridgehead atoms. The third-order valence-corrected chi connectivity index (χ3v) is 7.07. The molecule has 0 amide bonds. The van der Waals surface area contributed by atoms with Gasteiger partial charge in [0.1, 0.15) is 6.29 Å². The van der Waals surface area contributed by atoms with Gasteiger partial charge in [0.05, 0.1) is 23.2 Å². The summed E-state index contributed by atoms with van der Waals surface area (Å²) >= 11 is 0. The van der Waals surface area contributed by atoms with Gasteiger partial charge in [0.15, 0.2) is 5.82 Å². The molecule has 0 aliphatic rings. The van der Waals surface area contributed by atoms with Crippen molar-refractivity contribution in [3.8, 4) is 17.1 Å². The van der Waals surface area contributed by atoms with Gasteiger partial charge in [0.2, 0.25) is 5.88 Å². The van der Waals surface area contributed by atoms with Crippen LogP contribution in [0.3, 0.4) is 0 Å². The monoisotopic (exact) mass is 640 g/mol. The van der Waals surface area contributed by atoms with Crippen molar-refractivity contribution in [3.05, 3.63) is 93.4 Å². The summed E-state index contributed by atoms with van der Waals surface area (Å²) in [5.74, 6) is 1.06. The minimum Gasteiger partial charge on any atom is -0.473 e. The first-order valence-corrected chi connectivity index (χ1v) is 16.3. The highest BCUT2D eigenvalue weighted by molar-refractivity contribution is 5.89. The highest BCUT2D eigenvalue weighted by Gasteiger charge is 2.19. The standard InChI is InChI=1S/C34H40N6O3.2C2H6/c1-20(2)43-33-29(12-11-23(5)37-33)38-24(6)26-14-22(4)15-28-27(26)16-31(40(9)34(28)42)25-17-35-32(36-18-25)30(39(7)8)13-10-21(3)19-41;2*1-2/h10-20,24,38H,1-9H3;2*1-2H3/b21-10-,30-13-;;. The molecule has 0 fully saturated rings. The highest BCUT2D eigenvalue weighted by atomic mass is 16.5. The Morgan fingerprint density at radius 1 is 0.957 bits per heavy atom. The molecule has 1 atom stereocenters. The molecule has 1 N–H and O–H groups in total. The van der Waals surface area contributed by atoms with E-state index in [1.54, 1.807) is 37.0 Å². The van der Waals surface area contributed by atoms with E-state index < -0.39 is 0 Å². The molecule has 0 spiro atoms. The number of rotatable bonds is 10. The van der Waals surface area contributed by atoms with Gasteiger partial charge in [-0.2, -0.15) is 0 Å². The molecule has 1 unspecified atom stereocenters. The molecule has 0 aliphatic heterocycles. The van der Waals surface area contributed by atoms with Crippen LogP contribution in [0.1, 0.15) is 84.1 Å². The predicted octanol–water partition coefficient (Wildman–Crippen LogP) is 8.07. The summed E-state index contributed by atoms with van der Waals surface area (Å²) in [5, 5.41) is 5.06. The summed E-state index contributed by atoms with van der Waals surface area (Å²) in [5.41, 5.74) is 6.31. The summed E-state index contributed by atoms with van der Waals surface area (Å²) in [4.78, 5) is 40.4. The fraction of sp³-hybridized carbons (Fsp3) is 0.395. The molecule has 252 valence electrons. The van der Waals surface area contributed by atoms with Crippen molar-refractivity contribution in [1.29, 1.82) is 0 Å². The lowest BCUT2D eigenvalue weighted by Gasteiger charge is -2.22. The van der Waals surface area contributed by atoms with Gasteiger partial charge >= 0.3 is 0 Å². The number of aromatic nitrogens is 4. The molecule has 0 saturated carbocycles. The van der Waals surface area contributed by atoms with Crippen LogP contribution in [-0.2, 0) is 11.8 Å². The molecular formula is C38H52N6O3. The van der Waals surface area contributed by atoms with E-state index in [9.17, 15) is 9.59 Å². The number of carbonyl (C=O) groups excluding carboxylic acids is 1. The van der Waals surface area contributed by atoms with E-state index >= 15 is 0 Å². The molecule has 0 saturated heterocycles. The number of anilines is 1. The Hall–Kier alpha value is -4.79. The van der Waals surface area contributed by atoms with E-state index in [2.05, 4.69) is 33.3 Å². The quantitative estimate of drug-likeness (QED) is 0.106. The maximum Gasteiger partial charge on any atom is 0.258 e. The van der Waals surface area contributed by atoms with E-state index in [0.717, 1.165) is 39.9 Å². The molecule has 3 aromatic heterocycles. The fourth-order valence-electron chi connectivity index (χ4n) is 4.86. The van der Waals surface area contributed by atoms with Gasteiger partial charge in [-0.05, 0) is 94.0 Å². The van der Waals surface area contributed by atoms with Crippen molar-refractivity contribution in [1.82, 2.24) is 24.4 Å². The lowest BCUT2D eigenvalue weighted by molar-refractivity contribution is -0.104. The maximum atomic E-state index is 13.7. The molecule has 9 heteroatoms. The molecule has 0 aliphatic carbocycles. The van der Waals surface area contributed by atoms with Crippen molar-refractivity contribution >= 4 is 28.4 Å². The van der Waals surface area contributed by atoms with Crippen LogP contribution < -0.4 is 15.6 Å². The number of pyridine rings is 2. The van der Waals surface area contributed by atoms with Crippen LogP contribution in [-0.4, -0.2) is 50.9 Å². The topological polar surface area (TPSA) is 102 Å². The van der Waals surface area contributed by atoms with Crippen LogP contribution in [0.25, 0.3) is 27.7 Å². The number of nitrogens with zero attached hydrogens (tertiary/aromatic N) is 5. The summed E-state index contributed by atoms with van der Waals surface area (Å²) in [6, 6.07) is 9.84. The van der Waals surface area contributed by atoms with Crippen molar-refractivity contribution in [3.63, 3.8) is 0 Å². The fourth-order valence-corrected chi connectivity index (χ4v) is 4.86. The molecule has 3 heterocycles. The summed E-state index contributed by atoms with van der Waals surface area (Å²) in [6.45, 7) is 19.7. The Morgan fingerprint density at radius 2 is 1.60 bits per heavy atom. The average molecular weight is 641 g/mol. The summed E-state index contributed by atoms with van der Waals surface area (Å²) in [7, 11) is 5.55. The van der Waals surface area contributed by atoms with Crippen LogP contribution in [0.2, 0.25) is 0 Å². The number of allylic oxidation sites excluding steroid dienone is 3. The van der Waals surface area contributed by atoms with Crippen molar-refractivity contribution in [2.75, 3.05) is 19.4 Å². The predicted molar refractivity (Wildman–Crippen MR) is 196 cm³/mol. The van der Waals surface area contributed by atoms with Crippen LogP contribution in [0.4, 0.5) is 5.69 Å². The molecule has 4 rings (SSSR count). The van der Waals surface area contributed by atoms with Crippen molar-refractivity contribution in [2.24, 2.45) is 7.05 Å². The van der Waals surface area contributed by atoms with Gasteiger partial charge in [-0.1, -0.05) is 39.8 Å². The second-order valence-corrected chi connectivity index (χ2v) is 11.3. The van der Waals surface area contributed by atoms with E-state index in [1.165, 1.54) is 0 Å². The molecule has 47 heavy (non-hydrogen) atoms. The molecule has 9 nitrogen and oxygen atoms in total. The Morgan fingerprint density at radius 3 is 2.17 bits per heavy atom. The first kappa shape index (κ1) is 38.4. The van der Waals surface area contributed by atoms with Gasteiger partial charge < -0.3 is 19.5 Å². The van der Waals surface area contributed by atoms with Gasteiger partial charge in [0.25, 0.3) is 5.56 Å². The lowest BCUT2D eigenvalue weighted by atomic mass is 9.96. The number of fused-ring (bicyclic) bond motifs is 1. The summed E-state index contributed by atoms with van der Waals surface area (Å²) in [6.07, 6.45) is 7.77. The average Bonchev–Trinajstić information content (AvgIpc) is 3.05. The van der Waals surface area contributed by atoms with E-state index in [-0.39, 0.29) is 17.7 Å². The Bertz CT molecular complexity index is 1770. The van der Waals surface area contributed by atoms with Gasteiger partial charge in [-0.15, -0.1) is 0 Å². The number of carbonyl (C=O) groups is 1. The zero-order valence-electron chi connectivity index (χ0n) is 30.4. The zero-order chi connectivity index (χ0) is 35.4. The Labute approximate surface area is 280 Å². The van der Waals surface area contributed by atoms with Crippen molar-refractivity contribution in [2.45, 2.75) is 81.4 Å². The van der Waals surface area contributed by atoms with E-state index in [4.69, 9.17) is 4.74 Å². The SMILES string of the molecule is C/C(C=O)=C/C=C(/c1ncc(-c2cc3c(C(C)Nc4ccc(C)nc4OC(C)C)cc(C)cc3c(=O)n2C)cn1)N(C)C.CC.CC. The zero-order valence-corrected chi connectivity index (χ0v) is 30.4. The number of ether oxygens (including phenoxy) is 1. The number of nitrogens with one attached hydrogen (secondary N) is 1. The molecule has 0 radical (unpaired) electrons. The molecule has 4 aromatic rings. The second kappa shape index (κ2) is 17.8.